The molecule has 0 radical (unpaired) electrons. The lowest BCUT2D eigenvalue weighted by molar-refractivity contribution is -0.139. The quantitative estimate of drug-likeness (QED) is 0.412. The SMILES string of the molecule is CCOC(=O)c1oc2ccccc2c1COC(=O)c1ccc(CN2C(=O)CCC2=O)cc1. The second-order valence-corrected chi connectivity index (χ2v) is 7.27. The van der Waals surface area contributed by atoms with E-state index < -0.39 is 11.9 Å². The summed E-state index contributed by atoms with van der Waals surface area (Å²) in [5.41, 5.74) is 1.97. The highest BCUT2D eigenvalue weighted by Crippen LogP contribution is 2.27. The Morgan fingerprint density at radius 2 is 1.62 bits per heavy atom. The lowest BCUT2D eigenvalue weighted by atomic mass is 10.1. The highest BCUT2D eigenvalue weighted by molar-refractivity contribution is 6.02. The van der Waals surface area contributed by atoms with Gasteiger partial charge in [0.25, 0.3) is 0 Å². The van der Waals surface area contributed by atoms with Crippen LogP contribution in [0.3, 0.4) is 0 Å². The van der Waals surface area contributed by atoms with Crippen LogP contribution in [0.1, 0.15) is 51.8 Å². The minimum absolute atomic E-state index is 0.0103. The second kappa shape index (κ2) is 9.05. The largest absolute Gasteiger partial charge is 0.460 e. The second-order valence-electron chi connectivity index (χ2n) is 7.27. The first-order valence-corrected chi connectivity index (χ1v) is 10.2. The predicted octanol–water partition coefficient (Wildman–Crippen LogP) is 3.62. The first-order chi connectivity index (χ1) is 15.5. The van der Waals surface area contributed by atoms with Gasteiger partial charge in [0.2, 0.25) is 17.6 Å². The summed E-state index contributed by atoms with van der Waals surface area (Å²) in [5, 5.41) is 0.665. The Bertz CT molecular complexity index is 1180. The van der Waals surface area contributed by atoms with Crippen molar-refractivity contribution in [3.8, 4) is 0 Å². The van der Waals surface area contributed by atoms with E-state index in [4.69, 9.17) is 13.9 Å². The van der Waals surface area contributed by atoms with E-state index in [-0.39, 0.29) is 50.2 Å². The fraction of sp³-hybridized carbons (Fsp3) is 0.250. The standard InChI is InChI=1S/C24H21NO7/c1-2-30-24(29)22-18(17-5-3-4-6-19(17)32-22)14-31-23(28)16-9-7-15(8-10-16)13-25-20(26)11-12-21(25)27/h3-10H,2,11-14H2,1H3. The molecule has 4 rings (SSSR count). The van der Waals surface area contributed by atoms with Crippen molar-refractivity contribution in [2.45, 2.75) is 32.9 Å². The molecular formula is C24H21NO7. The van der Waals surface area contributed by atoms with Gasteiger partial charge in [-0.05, 0) is 30.7 Å². The van der Waals surface area contributed by atoms with Crippen LogP contribution in [0.15, 0.2) is 52.9 Å². The minimum atomic E-state index is -0.620. The topological polar surface area (TPSA) is 103 Å². The summed E-state index contributed by atoms with van der Waals surface area (Å²) in [6, 6.07) is 13.6. The Hall–Kier alpha value is -3.94. The molecule has 0 atom stereocenters. The van der Waals surface area contributed by atoms with E-state index in [1.165, 1.54) is 4.90 Å². The first kappa shape index (κ1) is 21.3. The number of amides is 2. The monoisotopic (exact) mass is 435 g/mol. The van der Waals surface area contributed by atoms with Crippen molar-refractivity contribution in [3.63, 3.8) is 0 Å². The molecule has 0 bridgehead atoms. The first-order valence-electron chi connectivity index (χ1n) is 10.2. The smallest absolute Gasteiger partial charge is 0.374 e. The minimum Gasteiger partial charge on any atom is -0.460 e. The fourth-order valence-electron chi connectivity index (χ4n) is 3.55. The maximum Gasteiger partial charge on any atom is 0.374 e. The van der Waals surface area contributed by atoms with E-state index in [1.54, 1.807) is 55.5 Å². The van der Waals surface area contributed by atoms with Crippen LogP contribution in [0, 0.1) is 0 Å². The number of hydrogen-bond acceptors (Lipinski definition) is 7. The number of fused-ring (bicyclic) bond motifs is 1. The zero-order valence-corrected chi connectivity index (χ0v) is 17.5. The summed E-state index contributed by atoms with van der Waals surface area (Å²) in [4.78, 5) is 49.6. The number of carbonyl (C=O) groups is 4. The third-order valence-electron chi connectivity index (χ3n) is 5.19. The van der Waals surface area contributed by atoms with Crippen LogP contribution in [-0.2, 0) is 32.2 Å². The van der Waals surface area contributed by atoms with Gasteiger partial charge < -0.3 is 13.9 Å². The van der Waals surface area contributed by atoms with Gasteiger partial charge in [0.15, 0.2) is 0 Å². The van der Waals surface area contributed by atoms with Crippen molar-refractivity contribution in [1.29, 1.82) is 0 Å². The molecule has 8 nitrogen and oxygen atoms in total. The third-order valence-corrected chi connectivity index (χ3v) is 5.19. The van der Waals surface area contributed by atoms with Gasteiger partial charge in [0, 0.05) is 18.2 Å². The van der Waals surface area contributed by atoms with Crippen molar-refractivity contribution in [2.24, 2.45) is 0 Å². The summed E-state index contributed by atoms with van der Waals surface area (Å²) in [7, 11) is 0. The molecule has 2 heterocycles. The molecule has 2 amide bonds. The molecule has 1 aliphatic rings. The van der Waals surface area contributed by atoms with Crippen LogP contribution in [0.5, 0.6) is 0 Å². The molecule has 164 valence electrons. The van der Waals surface area contributed by atoms with Crippen molar-refractivity contribution in [1.82, 2.24) is 4.90 Å². The molecule has 32 heavy (non-hydrogen) atoms. The van der Waals surface area contributed by atoms with Gasteiger partial charge in [-0.3, -0.25) is 14.5 Å². The molecule has 0 unspecified atom stereocenters. The third kappa shape index (κ3) is 4.25. The molecule has 8 heteroatoms. The number of rotatable bonds is 7. The normalized spacial score (nSPS) is 13.6. The molecule has 1 aromatic heterocycles. The maximum atomic E-state index is 12.6. The molecular weight excluding hydrogens is 414 g/mol. The Kier molecular flexibility index (Phi) is 6.02. The van der Waals surface area contributed by atoms with Crippen molar-refractivity contribution < 1.29 is 33.1 Å². The van der Waals surface area contributed by atoms with Crippen LogP contribution in [0.25, 0.3) is 11.0 Å². The molecule has 1 aliphatic heterocycles. The van der Waals surface area contributed by atoms with Gasteiger partial charge in [-0.1, -0.05) is 30.3 Å². The highest BCUT2D eigenvalue weighted by atomic mass is 16.5. The van der Waals surface area contributed by atoms with Gasteiger partial charge in [-0.2, -0.15) is 0 Å². The van der Waals surface area contributed by atoms with E-state index >= 15 is 0 Å². The van der Waals surface area contributed by atoms with Crippen molar-refractivity contribution in [2.75, 3.05) is 6.61 Å². The van der Waals surface area contributed by atoms with E-state index in [0.29, 0.717) is 22.1 Å². The molecule has 2 aromatic carbocycles. The average molecular weight is 435 g/mol. The Morgan fingerprint density at radius 1 is 0.938 bits per heavy atom. The zero-order chi connectivity index (χ0) is 22.7. The lowest BCUT2D eigenvalue weighted by Crippen LogP contribution is -2.28. The number of para-hydroxylation sites is 1. The lowest BCUT2D eigenvalue weighted by Gasteiger charge is -2.13. The van der Waals surface area contributed by atoms with Gasteiger partial charge in [-0.15, -0.1) is 0 Å². The number of benzene rings is 2. The summed E-state index contributed by atoms with van der Waals surface area (Å²) < 4.78 is 16.1. The Labute approximate surface area is 183 Å². The van der Waals surface area contributed by atoms with Crippen LogP contribution >= 0.6 is 0 Å². The van der Waals surface area contributed by atoms with E-state index in [9.17, 15) is 19.2 Å². The van der Waals surface area contributed by atoms with E-state index in [0.717, 1.165) is 5.56 Å². The number of furan rings is 1. The molecule has 0 saturated carbocycles. The summed E-state index contributed by atoms with van der Waals surface area (Å²) in [6.07, 6.45) is 0.472. The van der Waals surface area contributed by atoms with Crippen LogP contribution in [0.2, 0.25) is 0 Å². The summed E-state index contributed by atoms with van der Waals surface area (Å²) >= 11 is 0. The van der Waals surface area contributed by atoms with E-state index in [2.05, 4.69) is 0 Å². The number of carbonyl (C=O) groups excluding carboxylic acids is 4. The number of nitrogens with zero attached hydrogens (tertiary/aromatic N) is 1. The number of imide groups is 1. The molecule has 0 spiro atoms. The summed E-state index contributed by atoms with van der Waals surface area (Å²) in [5.74, 6) is -1.57. The van der Waals surface area contributed by atoms with Crippen LogP contribution in [-0.4, -0.2) is 35.3 Å². The van der Waals surface area contributed by atoms with Crippen molar-refractivity contribution >= 4 is 34.7 Å². The van der Waals surface area contributed by atoms with Gasteiger partial charge in [0.1, 0.15) is 12.2 Å². The van der Waals surface area contributed by atoms with Gasteiger partial charge >= 0.3 is 11.9 Å². The summed E-state index contributed by atoms with van der Waals surface area (Å²) in [6.45, 7) is 1.90. The van der Waals surface area contributed by atoms with Gasteiger partial charge in [0.05, 0.1) is 24.3 Å². The van der Waals surface area contributed by atoms with E-state index in [1.807, 2.05) is 0 Å². The van der Waals surface area contributed by atoms with Crippen LogP contribution < -0.4 is 0 Å². The molecule has 0 aliphatic carbocycles. The Morgan fingerprint density at radius 3 is 2.31 bits per heavy atom. The number of hydrogen-bond donors (Lipinski definition) is 0. The fourth-order valence-corrected chi connectivity index (χ4v) is 3.55. The maximum absolute atomic E-state index is 12.6. The number of esters is 2. The van der Waals surface area contributed by atoms with Gasteiger partial charge in [-0.25, -0.2) is 9.59 Å². The molecule has 1 fully saturated rings. The number of likely N-dealkylation sites (tertiary alicyclic amines) is 1. The van der Waals surface area contributed by atoms with Crippen LogP contribution in [0.4, 0.5) is 0 Å². The molecule has 1 saturated heterocycles. The Balaban J connectivity index is 1.46. The number of ether oxygens (including phenoxy) is 2. The van der Waals surface area contributed by atoms with Crippen molar-refractivity contribution in [3.05, 3.63) is 71.0 Å². The highest BCUT2D eigenvalue weighted by Gasteiger charge is 2.28. The predicted molar refractivity (Wildman–Crippen MR) is 113 cm³/mol. The zero-order valence-electron chi connectivity index (χ0n) is 17.5. The molecule has 3 aromatic rings. The average Bonchev–Trinajstić information content (AvgIpc) is 3.33. The molecule has 0 N–H and O–H groups in total.